The molecule has 24 heavy (non-hydrogen) atoms. The lowest BCUT2D eigenvalue weighted by Crippen LogP contribution is -2.50. The van der Waals surface area contributed by atoms with Gasteiger partial charge in [0.15, 0.2) is 0 Å². The Morgan fingerprint density at radius 2 is 2.21 bits per heavy atom. The van der Waals surface area contributed by atoms with E-state index in [9.17, 15) is 14.9 Å². The summed E-state index contributed by atoms with van der Waals surface area (Å²) in [6.07, 6.45) is 6.59. The van der Waals surface area contributed by atoms with Gasteiger partial charge < -0.3 is 5.32 Å². The summed E-state index contributed by atoms with van der Waals surface area (Å²) < 4.78 is 1.32. The van der Waals surface area contributed by atoms with Crippen molar-refractivity contribution < 1.29 is 4.79 Å². The molecule has 7 heteroatoms. The molecule has 2 heterocycles. The molecule has 2 aromatic heterocycles. The summed E-state index contributed by atoms with van der Waals surface area (Å²) >= 11 is 1.50. The van der Waals surface area contributed by atoms with Gasteiger partial charge in [0.25, 0.3) is 5.56 Å². The summed E-state index contributed by atoms with van der Waals surface area (Å²) in [5, 5.41) is 12.8. The highest BCUT2D eigenvalue weighted by Crippen LogP contribution is 2.27. The Bertz CT molecular complexity index is 856. The third-order valence-corrected chi connectivity index (χ3v) is 5.72. The monoisotopic (exact) mass is 344 g/mol. The molecule has 0 atom stereocenters. The third-order valence-electron chi connectivity index (χ3n) is 4.53. The van der Waals surface area contributed by atoms with Gasteiger partial charge in [-0.1, -0.05) is 26.2 Å². The summed E-state index contributed by atoms with van der Waals surface area (Å²) in [4.78, 5) is 31.0. The smallest absolute Gasteiger partial charge is 0.262 e. The number of hydrogen-bond donors (Lipinski definition) is 1. The van der Waals surface area contributed by atoms with Gasteiger partial charge in [0, 0.05) is 4.88 Å². The molecule has 0 saturated heterocycles. The number of fused-ring (bicyclic) bond motifs is 1. The summed E-state index contributed by atoms with van der Waals surface area (Å²) in [7, 11) is 0. The normalized spacial score (nSPS) is 16.7. The standard InChI is InChI=1S/C17H20N4O2S/c1-2-12-8-13-15(24-12)19-11-21(16(13)23)9-14(22)20-17(10-18)6-4-3-5-7-17/h8,11H,2-7,9H2,1H3,(H,20,22). The first-order valence-corrected chi connectivity index (χ1v) is 9.09. The molecule has 126 valence electrons. The molecule has 0 aliphatic heterocycles. The van der Waals surface area contributed by atoms with E-state index in [4.69, 9.17) is 0 Å². The van der Waals surface area contributed by atoms with E-state index in [2.05, 4.69) is 16.4 Å². The highest BCUT2D eigenvalue weighted by atomic mass is 32.1. The van der Waals surface area contributed by atoms with Crippen LogP contribution in [0.5, 0.6) is 0 Å². The number of thiophene rings is 1. The van der Waals surface area contributed by atoms with E-state index in [1.165, 1.54) is 22.2 Å². The molecule has 1 aliphatic carbocycles. The van der Waals surface area contributed by atoms with Crippen molar-refractivity contribution in [1.82, 2.24) is 14.9 Å². The Kier molecular flexibility index (Phi) is 4.67. The lowest BCUT2D eigenvalue weighted by Gasteiger charge is -2.31. The minimum absolute atomic E-state index is 0.109. The van der Waals surface area contributed by atoms with Crippen LogP contribution in [-0.4, -0.2) is 21.0 Å². The fourth-order valence-electron chi connectivity index (χ4n) is 3.18. The van der Waals surface area contributed by atoms with Crippen molar-refractivity contribution in [2.24, 2.45) is 0 Å². The van der Waals surface area contributed by atoms with Crippen LogP contribution in [0.15, 0.2) is 17.2 Å². The summed E-state index contributed by atoms with van der Waals surface area (Å²) in [6.45, 7) is 1.92. The molecule has 2 aromatic rings. The average molecular weight is 344 g/mol. The van der Waals surface area contributed by atoms with Crippen LogP contribution in [0.4, 0.5) is 0 Å². The maximum atomic E-state index is 12.5. The number of nitriles is 1. The Labute approximate surface area is 144 Å². The van der Waals surface area contributed by atoms with Gasteiger partial charge in [-0.15, -0.1) is 11.3 Å². The molecule has 0 unspecified atom stereocenters. The van der Waals surface area contributed by atoms with Crippen LogP contribution in [-0.2, 0) is 17.8 Å². The van der Waals surface area contributed by atoms with Crippen LogP contribution in [0.3, 0.4) is 0 Å². The Hall–Kier alpha value is -2.20. The molecule has 1 amide bonds. The molecule has 1 fully saturated rings. The summed E-state index contributed by atoms with van der Waals surface area (Å²) in [6, 6.07) is 4.10. The lowest BCUT2D eigenvalue weighted by atomic mass is 9.83. The van der Waals surface area contributed by atoms with Gasteiger partial charge in [-0.3, -0.25) is 14.2 Å². The highest BCUT2D eigenvalue weighted by Gasteiger charge is 2.33. The van der Waals surface area contributed by atoms with Crippen LogP contribution >= 0.6 is 11.3 Å². The predicted molar refractivity (Wildman–Crippen MR) is 92.8 cm³/mol. The number of amides is 1. The molecule has 0 spiro atoms. The number of hydrogen-bond acceptors (Lipinski definition) is 5. The highest BCUT2D eigenvalue weighted by molar-refractivity contribution is 7.18. The zero-order valence-corrected chi connectivity index (χ0v) is 14.5. The number of nitrogens with one attached hydrogen (secondary N) is 1. The zero-order chi connectivity index (χ0) is 17.2. The SMILES string of the molecule is CCc1cc2c(=O)n(CC(=O)NC3(C#N)CCCCC3)cnc2s1. The van der Waals surface area contributed by atoms with Gasteiger partial charge >= 0.3 is 0 Å². The van der Waals surface area contributed by atoms with Crippen LogP contribution in [0.1, 0.15) is 43.9 Å². The van der Waals surface area contributed by atoms with E-state index >= 15 is 0 Å². The molecule has 0 bridgehead atoms. The van der Waals surface area contributed by atoms with Gasteiger partial charge in [-0.2, -0.15) is 5.26 Å². The predicted octanol–water partition coefficient (Wildman–Crippen LogP) is 2.36. The maximum Gasteiger partial charge on any atom is 0.262 e. The number of rotatable bonds is 4. The topological polar surface area (TPSA) is 87.8 Å². The van der Waals surface area contributed by atoms with Crippen molar-refractivity contribution in [2.75, 3.05) is 0 Å². The van der Waals surface area contributed by atoms with Crippen molar-refractivity contribution >= 4 is 27.5 Å². The van der Waals surface area contributed by atoms with Crippen LogP contribution in [0, 0.1) is 11.3 Å². The van der Waals surface area contributed by atoms with E-state index in [1.54, 1.807) is 0 Å². The van der Waals surface area contributed by atoms with Crippen molar-refractivity contribution in [1.29, 1.82) is 5.26 Å². The average Bonchev–Trinajstić information content (AvgIpc) is 3.02. The maximum absolute atomic E-state index is 12.5. The van der Waals surface area contributed by atoms with Crippen molar-refractivity contribution in [3.05, 3.63) is 27.6 Å². The Balaban J connectivity index is 1.79. The first-order valence-electron chi connectivity index (χ1n) is 8.27. The quantitative estimate of drug-likeness (QED) is 0.922. The molecule has 3 rings (SSSR count). The minimum Gasteiger partial charge on any atom is -0.336 e. The molecule has 0 aromatic carbocycles. The van der Waals surface area contributed by atoms with Crippen molar-refractivity contribution in [3.8, 4) is 6.07 Å². The minimum atomic E-state index is -0.783. The summed E-state index contributed by atoms with van der Waals surface area (Å²) in [5.74, 6) is -0.312. The van der Waals surface area contributed by atoms with Gasteiger partial charge in [-0.25, -0.2) is 4.98 Å². The van der Waals surface area contributed by atoms with E-state index in [-0.39, 0.29) is 18.0 Å². The second-order valence-corrected chi connectivity index (χ2v) is 7.38. The van der Waals surface area contributed by atoms with Crippen molar-refractivity contribution in [2.45, 2.75) is 57.5 Å². The van der Waals surface area contributed by atoms with Crippen molar-refractivity contribution in [3.63, 3.8) is 0 Å². The van der Waals surface area contributed by atoms with Crippen LogP contribution < -0.4 is 10.9 Å². The first kappa shape index (κ1) is 16.7. The molecule has 1 N–H and O–H groups in total. The first-order chi connectivity index (χ1) is 11.6. The van der Waals surface area contributed by atoms with Gasteiger partial charge in [0.2, 0.25) is 5.91 Å². The molecule has 6 nitrogen and oxygen atoms in total. The van der Waals surface area contributed by atoms with Crippen LogP contribution in [0.2, 0.25) is 0 Å². The second-order valence-electron chi connectivity index (χ2n) is 6.27. The van der Waals surface area contributed by atoms with Gasteiger partial charge in [-0.05, 0) is 25.3 Å². The number of aromatic nitrogens is 2. The van der Waals surface area contributed by atoms with E-state index in [1.807, 2.05) is 13.0 Å². The van der Waals surface area contributed by atoms with E-state index in [0.717, 1.165) is 30.6 Å². The molecule has 1 saturated carbocycles. The molecule has 1 aliphatic rings. The summed E-state index contributed by atoms with van der Waals surface area (Å²) in [5.41, 5.74) is -0.991. The molecular formula is C17H20N4O2S. The van der Waals surface area contributed by atoms with Gasteiger partial charge in [0.05, 0.1) is 17.8 Å². The zero-order valence-electron chi connectivity index (χ0n) is 13.7. The number of carbonyl (C=O) groups is 1. The second kappa shape index (κ2) is 6.73. The van der Waals surface area contributed by atoms with Gasteiger partial charge in [0.1, 0.15) is 16.9 Å². The fraction of sp³-hybridized carbons (Fsp3) is 0.529. The number of aryl methyl sites for hydroxylation is 1. The third kappa shape index (κ3) is 3.20. The molecule has 0 radical (unpaired) electrons. The number of nitrogens with zero attached hydrogens (tertiary/aromatic N) is 3. The molecular weight excluding hydrogens is 324 g/mol. The van der Waals surface area contributed by atoms with Crippen LogP contribution in [0.25, 0.3) is 10.2 Å². The largest absolute Gasteiger partial charge is 0.336 e. The lowest BCUT2D eigenvalue weighted by molar-refractivity contribution is -0.123. The van der Waals surface area contributed by atoms with E-state index < -0.39 is 5.54 Å². The Morgan fingerprint density at radius 3 is 2.88 bits per heavy atom. The number of carbonyl (C=O) groups excluding carboxylic acids is 1. The van der Waals surface area contributed by atoms with E-state index in [0.29, 0.717) is 23.1 Å². The fourth-order valence-corrected chi connectivity index (χ4v) is 4.10. The Morgan fingerprint density at radius 1 is 1.46 bits per heavy atom.